The van der Waals surface area contributed by atoms with Gasteiger partial charge in [-0.15, -0.1) is 0 Å². The Bertz CT molecular complexity index is 490. The van der Waals surface area contributed by atoms with Crippen molar-refractivity contribution in [1.82, 2.24) is 5.32 Å². The first-order valence-corrected chi connectivity index (χ1v) is 9.04. The highest BCUT2D eigenvalue weighted by Crippen LogP contribution is 2.31. The number of rotatable bonds is 8. The Kier molecular flexibility index (Phi) is 7.31. The van der Waals surface area contributed by atoms with Gasteiger partial charge in [-0.05, 0) is 24.7 Å². The first-order valence-electron chi connectivity index (χ1n) is 9.04. The van der Waals surface area contributed by atoms with Crippen LogP contribution in [0.2, 0.25) is 0 Å². The number of nitrogens with one attached hydrogen (secondary N) is 1. The second-order valence-electron chi connectivity index (χ2n) is 6.77. The molecule has 0 atom stereocenters. The summed E-state index contributed by atoms with van der Waals surface area (Å²) in [5.74, 6) is 1.57. The Hall–Kier alpha value is -1.64. The van der Waals surface area contributed by atoms with Crippen LogP contribution in [-0.4, -0.2) is 18.2 Å². The molecular formula is C20H29NO2. The number of ketones is 1. The van der Waals surface area contributed by atoms with Gasteiger partial charge in [0.2, 0.25) is 5.91 Å². The molecule has 0 unspecified atom stereocenters. The van der Waals surface area contributed by atoms with E-state index in [4.69, 9.17) is 0 Å². The molecule has 2 rings (SSSR count). The Morgan fingerprint density at radius 1 is 1.00 bits per heavy atom. The Morgan fingerprint density at radius 3 is 2.30 bits per heavy atom. The first kappa shape index (κ1) is 17.7. The molecule has 0 aliphatic heterocycles. The Morgan fingerprint density at radius 2 is 1.65 bits per heavy atom. The molecule has 0 spiro atoms. The molecule has 1 fully saturated rings. The summed E-state index contributed by atoms with van der Waals surface area (Å²) in [7, 11) is 0. The van der Waals surface area contributed by atoms with Crippen LogP contribution in [0.25, 0.3) is 0 Å². The fourth-order valence-corrected chi connectivity index (χ4v) is 3.47. The van der Waals surface area contributed by atoms with Gasteiger partial charge in [0, 0.05) is 24.9 Å². The fourth-order valence-electron chi connectivity index (χ4n) is 3.47. The summed E-state index contributed by atoms with van der Waals surface area (Å²) in [5, 5.41) is 3.01. The second-order valence-corrected chi connectivity index (χ2v) is 6.77. The molecule has 1 aromatic rings. The van der Waals surface area contributed by atoms with Gasteiger partial charge in [0.05, 0.1) is 0 Å². The van der Waals surface area contributed by atoms with Crippen molar-refractivity contribution in [2.75, 3.05) is 6.54 Å². The van der Waals surface area contributed by atoms with Gasteiger partial charge in [0.15, 0.2) is 5.78 Å². The second kappa shape index (κ2) is 9.49. The predicted molar refractivity (Wildman–Crippen MR) is 93.4 cm³/mol. The molecule has 0 saturated heterocycles. The Labute approximate surface area is 139 Å². The lowest BCUT2D eigenvalue weighted by Gasteiger charge is -2.28. The normalized spacial score (nSPS) is 20.9. The summed E-state index contributed by atoms with van der Waals surface area (Å²) in [6, 6.07) is 9.19. The highest BCUT2D eigenvalue weighted by molar-refractivity contribution is 5.97. The molecule has 1 N–H and O–H groups in total. The van der Waals surface area contributed by atoms with Crippen molar-refractivity contribution in [3.05, 3.63) is 35.9 Å². The zero-order valence-electron chi connectivity index (χ0n) is 14.2. The van der Waals surface area contributed by atoms with Crippen molar-refractivity contribution in [3.63, 3.8) is 0 Å². The molecule has 0 heterocycles. The third-order valence-corrected chi connectivity index (χ3v) is 4.93. The minimum absolute atomic E-state index is 0.00460. The minimum Gasteiger partial charge on any atom is -0.356 e. The van der Waals surface area contributed by atoms with Gasteiger partial charge in [0.1, 0.15) is 0 Å². The number of hydrogen-bond acceptors (Lipinski definition) is 2. The predicted octanol–water partition coefficient (Wildman–Crippen LogP) is 4.37. The largest absolute Gasteiger partial charge is 0.356 e. The maximum Gasteiger partial charge on any atom is 0.220 e. The third-order valence-electron chi connectivity index (χ3n) is 4.93. The lowest BCUT2D eigenvalue weighted by Crippen LogP contribution is -2.31. The number of carbonyl (C=O) groups is 2. The van der Waals surface area contributed by atoms with Gasteiger partial charge in [-0.3, -0.25) is 9.59 Å². The maximum atomic E-state index is 12.0. The zero-order valence-corrected chi connectivity index (χ0v) is 14.2. The molecule has 3 heteroatoms. The molecule has 0 radical (unpaired) electrons. The van der Waals surface area contributed by atoms with Crippen LogP contribution < -0.4 is 5.32 Å². The number of benzene rings is 1. The van der Waals surface area contributed by atoms with Crippen LogP contribution in [0.3, 0.4) is 0 Å². The van der Waals surface area contributed by atoms with E-state index < -0.39 is 0 Å². The van der Waals surface area contributed by atoms with Gasteiger partial charge in [-0.25, -0.2) is 0 Å². The van der Waals surface area contributed by atoms with Crippen LogP contribution in [0.15, 0.2) is 30.3 Å². The van der Waals surface area contributed by atoms with Gasteiger partial charge >= 0.3 is 0 Å². The van der Waals surface area contributed by atoms with Crippen LogP contribution in [0, 0.1) is 11.8 Å². The molecular weight excluding hydrogens is 286 g/mol. The summed E-state index contributed by atoms with van der Waals surface area (Å²) in [6.07, 6.45) is 8.28. The van der Waals surface area contributed by atoms with Crippen molar-refractivity contribution in [1.29, 1.82) is 0 Å². The molecule has 0 bridgehead atoms. The average Bonchev–Trinajstić information content (AvgIpc) is 2.60. The highest BCUT2D eigenvalue weighted by Gasteiger charge is 2.21. The van der Waals surface area contributed by atoms with Crippen LogP contribution in [-0.2, 0) is 4.79 Å². The van der Waals surface area contributed by atoms with Crippen molar-refractivity contribution in [3.8, 4) is 0 Å². The number of hydrogen-bond donors (Lipinski definition) is 1. The van der Waals surface area contributed by atoms with E-state index >= 15 is 0 Å². The van der Waals surface area contributed by atoms with E-state index in [0.29, 0.717) is 24.3 Å². The molecule has 1 amide bonds. The number of amides is 1. The molecule has 1 aromatic carbocycles. The smallest absolute Gasteiger partial charge is 0.220 e. The van der Waals surface area contributed by atoms with E-state index in [1.807, 2.05) is 18.2 Å². The molecule has 3 nitrogen and oxygen atoms in total. The van der Waals surface area contributed by atoms with Crippen LogP contribution in [0.5, 0.6) is 0 Å². The third kappa shape index (κ3) is 6.17. The Balaban J connectivity index is 1.61. The van der Waals surface area contributed by atoms with E-state index in [2.05, 4.69) is 12.2 Å². The summed E-state index contributed by atoms with van der Waals surface area (Å²) < 4.78 is 0. The van der Waals surface area contributed by atoms with Crippen molar-refractivity contribution >= 4 is 11.7 Å². The summed E-state index contributed by atoms with van der Waals surface area (Å²) in [4.78, 5) is 23.9. The zero-order chi connectivity index (χ0) is 16.5. The monoisotopic (exact) mass is 315 g/mol. The molecule has 1 aliphatic carbocycles. The van der Waals surface area contributed by atoms with Crippen molar-refractivity contribution in [2.45, 2.75) is 58.3 Å². The van der Waals surface area contributed by atoms with Crippen LogP contribution in [0.1, 0.15) is 68.6 Å². The summed E-state index contributed by atoms with van der Waals surface area (Å²) in [6.45, 7) is 3.03. The van der Waals surface area contributed by atoms with E-state index in [1.165, 1.54) is 38.5 Å². The van der Waals surface area contributed by atoms with Crippen LogP contribution >= 0.6 is 0 Å². The van der Waals surface area contributed by atoms with Crippen molar-refractivity contribution < 1.29 is 9.59 Å². The van der Waals surface area contributed by atoms with E-state index in [0.717, 1.165) is 12.5 Å². The lowest BCUT2D eigenvalue weighted by atomic mass is 9.80. The highest BCUT2D eigenvalue weighted by atomic mass is 16.2. The van der Waals surface area contributed by atoms with Gasteiger partial charge in [-0.2, -0.15) is 0 Å². The molecule has 0 aromatic heterocycles. The number of carbonyl (C=O) groups excluding carboxylic acids is 2. The molecule has 126 valence electrons. The molecule has 1 saturated carbocycles. The first-order chi connectivity index (χ1) is 11.2. The van der Waals surface area contributed by atoms with E-state index in [1.54, 1.807) is 12.1 Å². The average molecular weight is 315 g/mol. The quantitative estimate of drug-likeness (QED) is 0.724. The van der Waals surface area contributed by atoms with Gasteiger partial charge in [-0.1, -0.05) is 62.9 Å². The van der Waals surface area contributed by atoms with E-state index in [-0.39, 0.29) is 11.7 Å². The van der Waals surface area contributed by atoms with Gasteiger partial charge < -0.3 is 5.32 Å². The number of Topliss-reactive ketones (excluding diaryl/α,β-unsaturated/α-hetero) is 1. The van der Waals surface area contributed by atoms with Crippen LogP contribution in [0.4, 0.5) is 0 Å². The van der Waals surface area contributed by atoms with Gasteiger partial charge in [0.25, 0.3) is 0 Å². The topological polar surface area (TPSA) is 46.2 Å². The van der Waals surface area contributed by atoms with Crippen molar-refractivity contribution in [2.24, 2.45) is 11.8 Å². The fraction of sp³-hybridized carbons (Fsp3) is 0.600. The summed E-state index contributed by atoms with van der Waals surface area (Å²) >= 11 is 0. The summed E-state index contributed by atoms with van der Waals surface area (Å²) in [5.41, 5.74) is 0.689. The molecule has 1 aliphatic rings. The lowest BCUT2D eigenvalue weighted by molar-refractivity contribution is -0.121. The minimum atomic E-state index is 0.00460. The standard InChI is InChI=1S/C20H29NO2/c1-2-6-16-9-11-17(12-10-16)15-21-20(23)14-13-19(22)18-7-4-3-5-8-18/h3-5,7-8,16-17H,2,6,9-15H2,1H3,(H,21,23). The SMILES string of the molecule is CCCC1CCC(CNC(=O)CCC(=O)c2ccccc2)CC1. The maximum absolute atomic E-state index is 12.0. The van der Waals surface area contributed by atoms with E-state index in [9.17, 15) is 9.59 Å². The molecule has 23 heavy (non-hydrogen) atoms.